The fraction of sp³-hybridized carbons (Fsp3) is 0.100. The third kappa shape index (κ3) is 1.37. The van der Waals surface area contributed by atoms with Gasteiger partial charge in [-0.2, -0.15) is 0 Å². The summed E-state index contributed by atoms with van der Waals surface area (Å²) in [4.78, 5) is 10.8. The number of cyclic esters (lactones) is 1. The fourth-order valence-corrected chi connectivity index (χ4v) is 1.07. The van der Waals surface area contributed by atoms with Crippen molar-refractivity contribution in [2.24, 2.45) is 0 Å². The van der Waals surface area contributed by atoms with E-state index in [1.165, 1.54) is 0 Å². The molecule has 0 aromatic heterocycles. The molecule has 0 amide bonds. The van der Waals surface area contributed by atoms with Gasteiger partial charge < -0.3 is 4.74 Å². The van der Waals surface area contributed by atoms with Crippen LogP contribution in [0.4, 0.5) is 0 Å². The maximum Gasteiger partial charge on any atom is 0.338 e. The normalized spacial score (nSPS) is 12.5. The molecular formula is C10H10O2. The van der Waals surface area contributed by atoms with Gasteiger partial charge in [0.05, 0.1) is 5.56 Å². The van der Waals surface area contributed by atoms with Crippen molar-refractivity contribution in [3.63, 3.8) is 0 Å². The summed E-state index contributed by atoms with van der Waals surface area (Å²) in [5, 5.41) is 0. The number of rotatable bonds is 0. The van der Waals surface area contributed by atoms with Crippen LogP contribution in [0.3, 0.4) is 0 Å². The van der Waals surface area contributed by atoms with Crippen molar-refractivity contribution in [2.75, 3.05) is 0 Å². The van der Waals surface area contributed by atoms with Crippen LogP contribution in [0.5, 0.6) is 0 Å². The SMILES string of the molecule is C=C.O=C1OCc2ccccc21. The van der Waals surface area contributed by atoms with Gasteiger partial charge in [0, 0.05) is 5.56 Å². The number of hydrogen-bond acceptors (Lipinski definition) is 2. The molecule has 2 nitrogen and oxygen atoms in total. The van der Waals surface area contributed by atoms with E-state index in [2.05, 4.69) is 13.2 Å². The second-order valence-electron chi connectivity index (χ2n) is 2.23. The van der Waals surface area contributed by atoms with Crippen LogP contribution in [-0.2, 0) is 11.3 Å². The summed E-state index contributed by atoms with van der Waals surface area (Å²) in [5.74, 6) is -0.199. The molecule has 0 N–H and O–H groups in total. The van der Waals surface area contributed by atoms with E-state index in [1.54, 1.807) is 6.07 Å². The zero-order valence-electron chi connectivity index (χ0n) is 6.75. The Morgan fingerprint density at radius 1 is 1.25 bits per heavy atom. The van der Waals surface area contributed by atoms with Gasteiger partial charge in [-0.05, 0) is 6.07 Å². The molecule has 1 aromatic carbocycles. The summed E-state index contributed by atoms with van der Waals surface area (Å²) in [5.41, 5.74) is 1.70. The first kappa shape index (κ1) is 8.53. The fourth-order valence-electron chi connectivity index (χ4n) is 1.07. The van der Waals surface area contributed by atoms with Gasteiger partial charge in [-0.25, -0.2) is 4.79 Å². The van der Waals surface area contributed by atoms with E-state index in [1.807, 2.05) is 18.2 Å². The predicted octanol–water partition coefficient (Wildman–Crippen LogP) is 2.16. The molecule has 62 valence electrons. The monoisotopic (exact) mass is 162 g/mol. The largest absolute Gasteiger partial charge is 0.457 e. The van der Waals surface area contributed by atoms with Gasteiger partial charge in [0.25, 0.3) is 0 Å². The Balaban J connectivity index is 0.000000336. The number of carbonyl (C=O) groups excluding carboxylic acids is 1. The first-order chi connectivity index (χ1) is 5.88. The van der Waals surface area contributed by atoms with E-state index in [-0.39, 0.29) is 5.97 Å². The van der Waals surface area contributed by atoms with E-state index in [0.717, 1.165) is 5.56 Å². The average Bonchev–Trinajstić information content (AvgIpc) is 2.53. The standard InChI is InChI=1S/C8H6O2.C2H4/c9-8-7-4-2-1-3-6(7)5-10-8;1-2/h1-4H,5H2;1-2H2. The molecule has 0 unspecified atom stereocenters. The number of benzene rings is 1. The van der Waals surface area contributed by atoms with Crippen LogP contribution < -0.4 is 0 Å². The van der Waals surface area contributed by atoms with Gasteiger partial charge in [0.1, 0.15) is 6.61 Å². The Labute approximate surface area is 71.5 Å². The number of fused-ring (bicyclic) bond motifs is 1. The van der Waals surface area contributed by atoms with Crippen molar-refractivity contribution in [3.05, 3.63) is 48.6 Å². The Morgan fingerprint density at radius 3 is 2.58 bits per heavy atom. The van der Waals surface area contributed by atoms with Gasteiger partial charge in [0.2, 0.25) is 0 Å². The molecule has 1 aromatic rings. The highest BCUT2D eigenvalue weighted by Crippen LogP contribution is 2.17. The van der Waals surface area contributed by atoms with Crippen LogP contribution in [0.25, 0.3) is 0 Å². The molecule has 1 aliphatic heterocycles. The summed E-state index contributed by atoms with van der Waals surface area (Å²) in [6.07, 6.45) is 0. The number of esters is 1. The highest BCUT2D eigenvalue weighted by molar-refractivity contribution is 5.93. The Hall–Kier alpha value is -1.57. The van der Waals surface area contributed by atoms with Crippen LogP contribution in [0.15, 0.2) is 37.4 Å². The lowest BCUT2D eigenvalue weighted by molar-refractivity contribution is 0.0535. The Morgan fingerprint density at radius 2 is 1.92 bits per heavy atom. The van der Waals surface area contributed by atoms with Gasteiger partial charge in [0.15, 0.2) is 0 Å². The van der Waals surface area contributed by atoms with Crippen molar-refractivity contribution in [2.45, 2.75) is 6.61 Å². The molecule has 1 aliphatic rings. The summed E-state index contributed by atoms with van der Waals surface area (Å²) in [6, 6.07) is 7.43. The Bertz CT molecular complexity index is 292. The first-order valence-electron chi connectivity index (χ1n) is 3.63. The smallest absolute Gasteiger partial charge is 0.338 e. The molecular weight excluding hydrogens is 152 g/mol. The maximum atomic E-state index is 10.8. The number of ether oxygens (including phenoxy) is 1. The molecule has 0 fully saturated rings. The van der Waals surface area contributed by atoms with Crippen molar-refractivity contribution in [3.8, 4) is 0 Å². The van der Waals surface area contributed by atoms with Crippen LogP contribution in [-0.4, -0.2) is 5.97 Å². The molecule has 2 rings (SSSR count). The van der Waals surface area contributed by atoms with Crippen LogP contribution in [0, 0.1) is 0 Å². The van der Waals surface area contributed by atoms with Crippen LogP contribution >= 0.6 is 0 Å². The zero-order valence-corrected chi connectivity index (χ0v) is 6.75. The number of carbonyl (C=O) groups is 1. The molecule has 0 bridgehead atoms. The average molecular weight is 162 g/mol. The zero-order chi connectivity index (χ0) is 8.97. The first-order valence-corrected chi connectivity index (χ1v) is 3.63. The Kier molecular flexibility index (Phi) is 2.64. The predicted molar refractivity (Wildman–Crippen MR) is 46.8 cm³/mol. The lowest BCUT2D eigenvalue weighted by Crippen LogP contribution is -1.91. The number of hydrogen-bond donors (Lipinski definition) is 0. The van der Waals surface area contributed by atoms with E-state index >= 15 is 0 Å². The second-order valence-corrected chi connectivity index (χ2v) is 2.23. The lowest BCUT2D eigenvalue weighted by Gasteiger charge is -1.87. The highest BCUT2D eigenvalue weighted by Gasteiger charge is 2.18. The minimum Gasteiger partial charge on any atom is -0.457 e. The summed E-state index contributed by atoms with van der Waals surface area (Å²) >= 11 is 0. The minimum atomic E-state index is -0.199. The second kappa shape index (κ2) is 3.72. The van der Waals surface area contributed by atoms with Crippen molar-refractivity contribution in [1.82, 2.24) is 0 Å². The van der Waals surface area contributed by atoms with Crippen molar-refractivity contribution >= 4 is 5.97 Å². The molecule has 12 heavy (non-hydrogen) atoms. The topological polar surface area (TPSA) is 26.3 Å². The summed E-state index contributed by atoms with van der Waals surface area (Å²) in [6.45, 7) is 6.44. The molecule has 0 saturated heterocycles. The quantitative estimate of drug-likeness (QED) is 0.431. The third-order valence-electron chi connectivity index (χ3n) is 1.60. The van der Waals surface area contributed by atoms with Gasteiger partial charge in [-0.15, -0.1) is 13.2 Å². The highest BCUT2D eigenvalue weighted by atomic mass is 16.5. The third-order valence-corrected chi connectivity index (χ3v) is 1.60. The van der Waals surface area contributed by atoms with Gasteiger partial charge in [-0.3, -0.25) is 0 Å². The molecule has 0 saturated carbocycles. The van der Waals surface area contributed by atoms with E-state index < -0.39 is 0 Å². The molecule has 1 heterocycles. The van der Waals surface area contributed by atoms with E-state index in [4.69, 9.17) is 4.74 Å². The molecule has 0 radical (unpaired) electrons. The van der Waals surface area contributed by atoms with Gasteiger partial charge in [-0.1, -0.05) is 18.2 Å². The molecule has 2 heteroatoms. The van der Waals surface area contributed by atoms with Crippen LogP contribution in [0.2, 0.25) is 0 Å². The maximum absolute atomic E-state index is 10.8. The molecule has 0 atom stereocenters. The van der Waals surface area contributed by atoms with Crippen LogP contribution in [0.1, 0.15) is 15.9 Å². The lowest BCUT2D eigenvalue weighted by atomic mass is 10.1. The minimum absolute atomic E-state index is 0.199. The van der Waals surface area contributed by atoms with Gasteiger partial charge >= 0.3 is 5.97 Å². The molecule has 0 spiro atoms. The summed E-state index contributed by atoms with van der Waals surface area (Å²) < 4.78 is 4.78. The van der Waals surface area contributed by atoms with Crippen molar-refractivity contribution in [1.29, 1.82) is 0 Å². The van der Waals surface area contributed by atoms with E-state index in [0.29, 0.717) is 12.2 Å². The van der Waals surface area contributed by atoms with Crippen molar-refractivity contribution < 1.29 is 9.53 Å². The summed E-state index contributed by atoms with van der Waals surface area (Å²) in [7, 11) is 0. The van der Waals surface area contributed by atoms with E-state index in [9.17, 15) is 4.79 Å². The molecule has 0 aliphatic carbocycles.